The predicted octanol–water partition coefficient (Wildman–Crippen LogP) is 0.669. The lowest BCUT2D eigenvalue weighted by Gasteiger charge is -2.09. The quantitative estimate of drug-likeness (QED) is 0.859. The number of aromatic nitrogens is 3. The number of hydrogen-bond donors (Lipinski definition) is 2. The summed E-state index contributed by atoms with van der Waals surface area (Å²) in [7, 11) is -2.17. The largest absolute Gasteiger partial charge is 0.389 e. The van der Waals surface area contributed by atoms with Crippen molar-refractivity contribution in [3.63, 3.8) is 0 Å². The number of nitrogens with zero attached hydrogens (tertiary/aromatic N) is 3. The molecule has 8 heteroatoms. The van der Waals surface area contributed by atoms with Crippen LogP contribution in [0.4, 0.5) is 5.95 Å². The molecule has 1 heterocycles. The second-order valence-corrected chi connectivity index (χ2v) is 5.74. The minimum atomic E-state index is -3.75. The second kappa shape index (κ2) is 4.98. The molecule has 0 aliphatic carbocycles. The Balaban J connectivity index is 2.35. The Labute approximate surface area is 111 Å². The molecule has 102 valence electrons. The normalized spacial score (nSPS) is 13.2. The van der Waals surface area contributed by atoms with Gasteiger partial charge in [-0.1, -0.05) is 12.1 Å². The molecular formula is C11H14N4O3S. The highest BCUT2D eigenvalue weighted by molar-refractivity contribution is 7.92. The molecular weight excluding hydrogens is 268 g/mol. The minimum absolute atomic E-state index is 0.0638. The van der Waals surface area contributed by atoms with Crippen molar-refractivity contribution in [3.8, 4) is 0 Å². The number of rotatable bonds is 4. The first-order chi connectivity index (χ1) is 8.90. The monoisotopic (exact) mass is 282 g/mol. The highest BCUT2D eigenvalue weighted by Crippen LogP contribution is 2.19. The first kappa shape index (κ1) is 13.5. The van der Waals surface area contributed by atoms with E-state index in [2.05, 4.69) is 14.8 Å². The van der Waals surface area contributed by atoms with Crippen LogP contribution in [0.3, 0.4) is 0 Å². The van der Waals surface area contributed by atoms with Crippen molar-refractivity contribution in [3.05, 3.63) is 36.2 Å². The van der Waals surface area contributed by atoms with Crippen LogP contribution in [0.5, 0.6) is 0 Å². The molecule has 1 aromatic carbocycles. The van der Waals surface area contributed by atoms with E-state index in [1.54, 1.807) is 26.1 Å². The van der Waals surface area contributed by atoms with Gasteiger partial charge in [-0.3, -0.25) is 0 Å². The number of hydrogen-bond acceptors (Lipinski definition) is 5. The van der Waals surface area contributed by atoms with Gasteiger partial charge in [0.05, 0.1) is 11.0 Å². The molecule has 2 N–H and O–H groups in total. The van der Waals surface area contributed by atoms with Gasteiger partial charge in [0, 0.05) is 7.05 Å². The predicted molar refractivity (Wildman–Crippen MR) is 68.9 cm³/mol. The number of nitrogens with one attached hydrogen (secondary N) is 1. The van der Waals surface area contributed by atoms with Crippen LogP contribution in [0.25, 0.3) is 0 Å². The Morgan fingerprint density at radius 1 is 1.42 bits per heavy atom. The molecule has 0 bridgehead atoms. The Morgan fingerprint density at radius 3 is 2.74 bits per heavy atom. The Hall–Kier alpha value is -1.93. The van der Waals surface area contributed by atoms with E-state index in [0.717, 1.165) is 0 Å². The van der Waals surface area contributed by atoms with Crippen LogP contribution in [-0.2, 0) is 17.1 Å². The number of anilines is 1. The lowest BCUT2D eigenvalue weighted by Crippen LogP contribution is -2.16. The molecule has 19 heavy (non-hydrogen) atoms. The summed E-state index contributed by atoms with van der Waals surface area (Å²) in [6.07, 6.45) is 0.523. The fourth-order valence-corrected chi connectivity index (χ4v) is 2.60. The molecule has 1 aromatic heterocycles. The molecule has 2 rings (SSSR count). The van der Waals surface area contributed by atoms with Crippen LogP contribution in [0.1, 0.15) is 18.6 Å². The van der Waals surface area contributed by atoms with Crippen LogP contribution < -0.4 is 4.72 Å². The third-order valence-corrected chi connectivity index (χ3v) is 3.91. The minimum Gasteiger partial charge on any atom is -0.389 e. The summed E-state index contributed by atoms with van der Waals surface area (Å²) < 4.78 is 27.9. The van der Waals surface area contributed by atoms with Gasteiger partial charge in [-0.2, -0.15) is 10.1 Å². The van der Waals surface area contributed by atoms with Crippen LogP contribution >= 0.6 is 0 Å². The smallest absolute Gasteiger partial charge is 0.264 e. The SMILES string of the molecule is CC(O)c1cccc(S(=O)(=O)Nc2ncnn2C)c1. The zero-order valence-corrected chi connectivity index (χ0v) is 11.3. The van der Waals surface area contributed by atoms with E-state index in [9.17, 15) is 13.5 Å². The van der Waals surface area contributed by atoms with Gasteiger partial charge in [-0.05, 0) is 24.6 Å². The maximum Gasteiger partial charge on any atom is 0.264 e. The third kappa shape index (κ3) is 2.91. The summed E-state index contributed by atoms with van der Waals surface area (Å²) in [6.45, 7) is 1.57. The van der Waals surface area contributed by atoms with E-state index >= 15 is 0 Å². The molecule has 0 aliphatic rings. The highest BCUT2D eigenvalue weighted by Gasteiger charge is 2.17. The van der Waals surface area contributed by atoms with Gasteiger partial charge in [0.2, 0.25) is 5.95 Å². The third-order valence-electron chi connectivity index (χ3n) is 2.59. The van der Waals surface area contributed by atoms with Crippen LogP contribution in [0.2, 0.25) is 0 Å². The Morgan fingerprint density at radius 2 is 2.16 bits per heavy atom. The molecule has 0 fully saturated rings. The molecule has 0 saturated heterocycles. The molecule has 0 radical (unpaired) electrons. The van der Waals surface area contributed by atoms with E-state index in [1.807, 2.05) is 0 Å². The van der Waals surface area contributed by atoms with Crippen LogP contribution in [0.15, 0.2) is 35.5 Å². The van der Waals surface area contributed by atoms with Crippen molar-refractivity contribution in [1.29, 1.82) is 0 Å². The zero-order valence-electron chi connectivity index (χ0n) is 10.5. The number of benzene rings is 1. The van der Waals surface area contributed by atoms with Gasteiger partial charge in [0.25, 0.3) is 10.0 Å². The maximum atomic E-state index is 12.2. The molecule has 1 unspecified atom stereocenters. The number of sulfonamides is 1. The average molecular weight is 282 g/mol. The standard InChI is InChI=1S/C11H14N4O3S/c1-8(16)9-4-3-5-10(6-9)19(17,18)14-11-12-7-13-15(11)2/h3-8,16H,1-2H3,(H,12,13,14). The van der Waals surface area contributed by atoms with Gasteiger partial charge in [0.1, 0.15) is 6.33 Å². The fraction of sp³-hybridized carbons (Fsp3) is 0.273. The van der Waals surface area contributed by atoms with Crippen molar-refractivity contribution in [1.82, 2.24) is 14.8 Å². The molecule has 0 aliphatic heterocycles. The van der Waals surface area contributed by atoms with Crippen LogP contribution in [-0.4, -0.2) is 28.3 Å². The van der Waals surface area contributed by atoms with E-state index in [4.69, 9.17) is 0 Å². The summed E-state index contributed by atoms with van der Waals surface area (Å²) in [4.78, 5) is 3.86. The number of aliphatic hydroxyl groups is 1. The molecule has 2 aromatic rings. The average Bonchev–Trinajstić information content (AvgIpc) is 2.74. The van der Waals surface area contributed by atoms with Crippen molar-refractivity contribution in [2.45, 2.75) is 17.9 Å². The Kier molecular flexibility index (Phi) is 3.54. The lowest BCUT2D eigenvalue weighted by molar-refractivity contribution is 0.199. The fourth-order valence-electron chi connectivity index (χ4n) is 1.51. The summed E-state index contributed by atoms with van der Waals surface area (Å²) in [5.41, 5.74) is 0.529. The first-order valence-electron chi connectivity index (χ1n) is 5.55. The van der Waals surface area contributed by atoms with E-state index in [0.29, 0.717) is 5.56 Å². The van der Waals surface area contributed by atoms with Crippen molar-refractivity contribution in [2.24, 2.45) is 7.05 Å². The molecule has 0 spiro atoms. The lowest BCUT2D eigenvalue weighted by atomic mass is 10.1. The first-order valence-corrected chi connectivity index (χ1v) is 7.03. The van der Waals surface area contributed by atoms with Gasteiger partial charge in [-0.15, -0.1) is 0 Å². The zero-order chi connectivity index (χ0) is 14.0. The number of aryl methyl sites for hydroxylation is 1. The van der Waals surface area contributed by atoms with Crippen molar-refractivity contribution in [2.75, 3.05) is 4.72 Å². The summed E-state index contributed by atoms with van der Waals surface area (Å²) in [5, 5.41) is 13.3. The maximum absolute atomic E-state index is 12.2. The number of aliphatic hydroxyl groups excluding tert-OH is 1. The van der Waals surface area contributed by atoms with Crippen LogP contribution in [0, 0.1) is 0 Å². The summed E-state index contributed by atoms with van der Waals surface area (Å²) in [5.74, 6) is 0.127. The van der Waals surface area contributed by atoms with E-state index in [1.165, 1.54) is 23.1 Å². The summed E-state index contributed by atoms with van der Waals surface area (Å²) in [6, 6.07) is 6.10. The van der Waals surface area contributed by atoms with E-state index < -0.39 is 16.1 Å². The van der Waals surface area contributed by atoms with Gasteiger partial charge >= 0.3 is 0 Å². The van der Waals surface area contributed by atoms with E-state index in [-0.39, 0.29) is 10.8 Å². The topological polar surface area (TPSA) is 97.1 Å². The van der Waals surface area contributed by atoms with Crippen molar-refractivity contribution >= 4 is 16.0 Å². The molecule has 1 atom stereocenters. The van der Waals surface area contributed by atoms with Gasteiger partial charge < -0.3 is 5.11 Å². The molecule has 0 amide bonds. The molecule has 7 nitrogen and oxygen atoms in total. The van der Waals surface area contributed by atoms with Gasteiger partial charge in [-0.25, -0.2) is 17.8 Å². The van der Waals surface area contributed by atoms with Gasteiger partial charge in [0.15, 0.2) is 0 Å². The second-order valence-electron chi connectivity index (χ2n) is 4.06. The Bertz CT molecular complexity index is 679. The van der Waals surface area contributed by atoms with Crippen molar-refractivity contribution < 1.29 is 13.5 Å². The molecule has 0 saturated carbocycles. The highest BCUT2D eigenvalue weighted by atomic mass is 32.2. The summed E-state index contributed by atoms with van der Waals surface area (Å²) >= 11 is 0.